The second-order valence-electron chi connectivity index (χ2n) is 7.33. The Labute approximate surface area is 211 Å². The van der Waals surface area contributed by atoms with Crippen LogP contribution in [0.25, 0.3) is 22.7 Å². The number of nitrogens with zero attached hydrogens (tertiary/aromatic N) is 5. The monoisotopic (exact) mass is 539 g/mol. The number of hydrogen-bond donors (Lipinski definition) is 1. The fourth-order valence-electron chi connectivity index (χ4n) is 3.02. The number of carboxylic acid groups (broad SMARTS) is 1. The molecule has 11 nitrogen and oxygen atoms in total. The van der Waals surface area contributed by atoms with Gasteiger partial charge in [0.25, 0.3) is 5.88 Å². The van der Waals surface area contributed by atoms with Crippen molar-refractivity contribution in [1.82, 2.24) is 25.4 Å². The lowest BCUT2D eigenvalue weighted by Crippen LogP contribution is -2.16. The molecule has 0 radical (unpaired) electrons. The second kappa shape index (κ2) is 11.2. The average molecular weight is 540 g/mol. The number of tetrazole rings is 1. The molecule has 2 aromatic carbocycles. The minimum atomic E-state index is -4.76. The van der Waals surface area contributed by atoms with Gasteiger partial charge in [-0.05, 0) is 45.8 Å². The number of benzene rings is 2. The molecule has 15 heteroatoms. The third-order valence-corrected chi connectivity index (χ3v) is 4.90. The van der Waals surface area contributed by atoms with Crippen LogP contribution in [0.5, 0.6) is 17.4 Å². The van der Waals surface area contributed by atoms with Crippen LogP contribution < -0.4 is 14.2 Å². The van der Waals surface area contributed by atoms with Gasteiger partial charge in [-0.3, -0.25) is 4.79 Å². The van der Waals surface area contributed by atoms with E-state index in [1.54, 1.807) is 18.2 Å². The number of carbonyl (C=O) groups is 1. The molecule has 0 aliphatic rings. The van der Waals surface area contributed by atoms with Crippen LogP contribution in [0.2, 0.25) is 5.02 Å². The van der Waals surface area contributed by atoms with Crippen molar-refractivity contribution in [2.45, 2.75) is 19.3 Å². The molecule has 194 valence electrons. The summed E-state index contributed by atoms with van der Waals surface area (Å²) in [7, 11) is 0. The zero-order chi connectivity index (χ0) is 26.4. The van der Waals surface area contributed by atoms with E-state index in [-0.39, 0.29) is 36.4 Å². The Morgan fingerprint density at radius 3 is 2.51 bits per heavy atom. The van der Waals surface area contributed by atoms with Crippen LogP contribution in [0.1, 0.15) is 6.42 Å². The zero-order valence-corrected chi connectivity index (χ0v) is 19.4. The lowest BCUT2D eigenvalue weighted by Gasteiger charge is -2.12. The summed E-state index contributed by atoms with van der Waals surface area (Å²) in [5.74, 6) is -0.652. The molecule has 0 aliphatic heterocycles. The number of ether oxygens (including phenoxy) is 3. The van der Waals surface area contributed by atoms with Gasteiger partial charge < -0.3 is 23.8 Å². The van der Waals surface area contributed by atoms with E-state index in [9.17, 15) is 18.0 Å². The maximum atomic E-state index is 12.3. The molecule has 0 unspecified atom stereocenters. The van der Waals surface area contributed by atoms with E-state index in [4.69, 9.17) is 30.7 Å². The van der Waals surface area contributed by atoms with Crippen molar-refractivity contribution < 1.29 is 41.8 Å². The van der Waals surface area contributed by atoms with Gasteiger partial charge in [-0.2, -0.15) is 4.80 Å². The number of rotatable bonds is 11. The molecule has 0 spiro atoms. The highest BCUT2D eigenvalue weighted by Crippen LogP contribution is 2.32. The van der Waals surface area contributed by atoms with Gasteiger partial charge in [-0.15, -0.1) is 23.4 Å². The summed E-state index contributed by atoms with van der Waals surface area (Å²) in [4.78, 5) is 11.6. The Bertz CT molecular complexity index is 1360. The number of carboxylic acids is 1. The maximum absolute atomic E-state index is 12.3. The maximum Gasteiger partial charge on any atom is 0.573 e. The number of alkyl halides is 3. The lowest BCUT2D eigenvalue weighted by atomic mass is 10.1. The zero-order valence-electron chi connectivity index (χ0n) is 18.7. The quantitative estimate of drug-likeness (QED) is 0.272. The first-order valence-electron chi connectivity index (χ1n) is 10.5. The van der Waals surface area contributed by atoms with Gasteiger partial charge in [0.15, 0.2) is 6.54 Å². The van der Waals surface area contributed by atoms with Gasteiger partial charge >= 0.3 is 12.3 Å². The highest BCUT2D eigenvalue weighted by atomic mass is 35.5. The van der Waals surface area contributed by atoms with Crippen LogP contribution in [-0.2, 0) is 11.3 Å². The topological polar surface area (TPSA) is 135 Å². The molecule has 0 aliphatic carbocycles. The molecular formula is C22H17ClF3N5O6. The van der Waals surface area contributed by atoms with E-state index in [1.807, 2.05) is 0 Å². The Morgan fingerprint density at radius 2 is 1.78 bits per heavy atom. The molecule has 37 heavy (non-hydrogen) atoms. The number of aromatic nitrogens is 5. The SMILES string of the molecule is O=C(O)Cn1nnc(-c2cc(OCCCOc3cc(-c4ccc(OC(F)(F)F)cc4)ccc3Cl)no2)n1. The molecule has 0 bridgehead atoms. The van der Waals surface area contributed by atoms with Gasteiger partial charge in [0.2, 0.25) is 11.6 Å². The Hall–Kier alpha value is -4.33. The summed E-state index contributed by atoms with van der Waals surface area (Å²) in [6.07, 6.45) is -4.30. The van der Waals surface area contributed by atoms with Crippen molar-refractivity contribution in [1.29, 1.82) is 0 Å². The molecule has 4 aromatic rings. The highest BCUT2D eigenvalue weighted by molar-refractivity contribution is 6.32. The average Bonchev–Trinajstić information content (AvgIpc) is 3.49. The summed E-state index contributed by atoms with van der Waals surface area (Å²) in [6.45, 7) is 0.0288. The van der Waals surface area contributed by atoms with Crippen molar-refractivity contribution in [3.05, 3.63) is 53.6 Å². The van der Waals surface area contributed by atoms with Crippen molar-refractivity contribution >= 4 is 17.6 Å². The summed E-state index contributed by atoms with van der Waals surface area (Å²) in [6, 6.07) is 11.9. The number of aliphatic carboxylic acids is 1. The molecule has 0 fully saturated rings. The van der Waals surface area contributed by atoms with Crippen molar-refractivity contribution in [2.24, 2.45) is 0 Å². The predicted molar refractivity (Wildman–Crippen MR) is 120 cm³/mol. The predicted octanol–water partition coefficient (Wildman–Crippen LogP) is 4.48. The highest BCUT2D eigenvalue weighted by Gasteiger charge is 2.31. The van der Waals surface area contributed by atoms with E-state index in [2.05, 4.69) is 25.3 Å². The molecule has 0 saturated carbocycles. The van der Waals surface area contributed by atoms with Crippen LogP contribution in [-0.4, -0.2) is 56.0 Å². The van der Waals surface area contributed by atoms with Crippen molar-refractivity contribution in [2.75, 3.05) is 13.2 Å². The van der Waals surface area contributed by atoms with Crippen LogP contribution in [0.3, 0.4) is 0 Å². The fraction of sp³-hybridized carbons (Fsp3) is 0.227. The number of hydrogen-bond acceptors (Lipinski definition) is 9. The van der Waals surface area contributed by atoms with E-state index in [0.717, 1.165) is 4.80 Å². The van der Waals surface area contributed by atoms with Gasteiger partial charge in [-0.1, -0.05) is 29.8 Å². The van der Waals surface area contributed by atoms with Crippen molar-refractivity contribution in [3.63, 3.8) is 0 Å². The molecule has 0 amide bonds. The summed E-state index contributed by atoms with van der Waals surface area (Å²) in [5, 5.41) is 24.0. The van der Waals surface area contributed by atoms with E-state index >= 15 is 0 Å². The molecule has 1 N–H and O–H groups in total. The first-order valence-corrected chi connectivity index (χ1v) is 10.9. The molecule has 2 aromatic heterocycles. The van der Waals surface area contributed by atoms with E-state index < -0.39 is 18.9 Å². The molecule has 0 atom stereocenters. The van der Waals surface area contributed by atoms with Crippen molar-refractivity contribution in [3.8, 4) is 40.1 Å². The second-order valence-corrected chi connectivity index (χ2v) is 7.74. The van der Waals surface area contributed by atoms with Gasteiger partial charge in [0, 0.05) is 6.42 Å². The third kappa shape index (κ3) is 7.33. The standard InChI is InChI=1S/C22H17ClF3N5O6/c23-16-7-4-14(13-2-5-15(6-3-13)36-22(24,25)26)10-17(16)34-8-1-9-35-19-11-18(37-29-19)21-27-30-31(28-21)12-20(32)33/h2-7,10-11H,1,8-9,12H2,(H,32,33). The first kappa shape index (κ1) is 25.8. The fourth-order valence-corrected chi connectivity index (χ4v) is 3.19. The van der Waals surface area contributed by atoms with E-state index in [0.29, 0.717) is 28.3 Å². The molecule has 2 heterocycles. The minimum absolute atomic E-state index is 0.0592. The summed E-state index contributed by atoms with van der Waals surface area (Å²) >= 11 is 6.21. The smallest absolute Gasteiger partial charge is 0.492 e. The Morgan fingerprint density at radius 1 is 1.05 bits per heavy atom. The van der Waals surface area contributed by atoms with Crippen LogP contribution in [0.4, 0.5) is 13.2 Å². The van der Waals surface area contributed by atoms with Crippen LogP contribution in [0.15, 0.2) is 53.1 Å². The largest absolute Gasteiger partial charge is 0.573 e. The Balaban J connectivity index is 1.26. The van der Waals surface area contributed by atoms with Gasteiger partial charge in [0.1, 0.15) is 11.5 Å². The van der Waals surface area contributed by atoms with Crippen LogP contribution in [0, 0.1) is 0 Å². The molecule has 0 saturated heterocycles. The molecule has 4 rings (SSSR count). The van der Waals surface area contributed by atoms with Gasteiger partial charge in [-0.25, -0.2) is 0 Å². The minimum Gasteiger partial charge on any atom is -0.492 e. The lowest BCUT2D eigenvalue weighted by molar-refractivity contribution is -0.274. The molecular weight excluding hydrogens is 523 g/mol. The van der Waals surface area contributed by atoms with Gasteiger partial charge in [0.05, 0.1) is 24.3 Å². The normalized spacial score (nSPS) is 11.4. The number of halogens is 4. The summed E-state index contributed by atoms with van der Waals surface area (Å²) in [5.41, 5.74) is 1.34. The summed E-state index contributed by atoms with van der Waals surface area (Å²) < 4.78 is 57.2. The third-order valence-electron chi connectivity index (χ3n) is 4.59. The van der Waals surface area contributed by atoms with Crippen LogP contribution >= 0.6 is 11.6 Å². The van der Waals surface area contributed by atoms with E-state index in [1.165, 1.54) is 30.3 Å². The Kier molecular flexibility index (Phi) is 7.77. The first-order chi connectivity index (χ1) is 17.7.